The van der Waals surface area contributed by atoms with Crippen LogP contribution in [-0.4, -0.2) is 45.3 Å². The van der Waals surface area contributed by atoms with Gasteiger partial charge in [-0.2, -0.15) is 0 Å². The average Bonchev–Trinajstić information content (AvgIpc) is 3.14. The molecule has 0 spiro atoms. The third kappa shape index (κ3) is 3.70. The van der Waals surface area contributed by atoms with Crippen LogP contribution in [0.4, 0.5) is 0 Å². The summed E-state index contributed by atoms with van der Waals surface area (Å²) in [5.74, 6) is -0.0229. The van der Waals surface area contributed by atoms with Crippen molar-refractivity contribution >= 4 is 27.0 Å². The van der Waals surface area contributed by atoms with Crippen LogP contribution >= 0.6 is 11.3 Å². The van der Waals surface area contributed by atoms with E-state index in [-0.39, 0.29) is 18.8 Å². The van der Waals surface area contributed by atoms with Crippen molar-refractivity contribution < 1.29 is 25.2 Å². The Morgan fingerprint density at radius 1 is 1.21 bits per heavy atom. The van der Waals surface area contributed by atoms with Gasteiger partial charge in [-0.1, -0.05) is 24.8 Å². The van der Waals surface area contributed by atoms with Gasteiger partial charge in [0.15, 0.2) is 0 Å². The van der Waals surface area contributed by atoms with Crippen molar-refractivity contribution in [2.75, 3.05) is 6.61 Å². The number of rotatable bonds is 4. The lowest BCUT2D eigenvalue weighted by Crippen LogP contribution is -2.44. The van der Waals surface area contributed by atoms with Crippen molar-refractivity contribution in [1.29, 1.82) is 0 Å². The van der Waals surface area contributed by atoms with Gasteiger partial charge in [0, 0.05) is 21.6 Å². The van der Waals surface area contributed by atoms with E-state index in [0.29, 0.717) is 5.56 Å². The highest BCUT2D eigenvalue weighted by molar-refractivity contribution is 7.20. The summed E-state index contributed by atoms with van der Waals surface area (Å²) >= 11 is 1.64. The van der Waals surface area contributed by atoms with Crippen LogP contribution in [0.1, 0.15) is 34.1 Å². The van der Waals surface area contributed by atoms with E-state index < -0.39 is 24.4 Å². The summed E-state index contributed by atoms with van der Waals surface area (Å²) in [5.41, 5.74) is 2.87. The quantitative estimate of drug-likeness (QED) is 0.526. The third-order valence-electron chi connectivity index (χ3n) is 5.48. The van der Waals surface area contributed by atoms with Crippen molar-refractivity contribution in [3.05, 3.63) is 70.6 Å². The number of thiophene rings is 1. The van der Waals surface area contributed by atoms with Crippen LogP contribution in [0.3, 0.4) is 0 Å². The van der Waals surface area contributed by atoms with Crippen molar-refractivity contribution in [1.82, 2.24) is 0 Å². The predicted molar refractivity (Wildman–Crippen MR) is 114 cm³/mol. The van der Waals surface area contributed by atoms with Gasteiger partial charge < -0.3 is 25.2 Å². The molecule has 152 valence electrons. The molecule has 4 unspecified atom stereocenters. The van der Waals surface area contributed by atoms with Gasteiger partial charge in [0.1, 0.15) is 18.0 Å². The first-order valence-corrected chi connectivity index (χ1v) is 10.3. The molecule has 0 amide bonds. The summed E-state index contributed by atoms with van der Waals surface area (Å²) in [6.07, 6.45) is -3.64. The van der Waals surface area contributed by atoms with Crippen molar-refractivity contribution in [3.63, 3.8) is 0 Å². The minimum atomic E-state index is -1.20. The molecule has 1 aliphatic heterocycles. The molecule has 5 nitrogen and oxygen atoms in total. The molecule has 6 heteroatoms. The van der Waals surface area contributed by atoms with Crippen LogP contribution in [0.25, 0.3) is 15.7 Å². The van der Waals surface area contributed by atoms with Crippen molar-refractivity contribution in [2.24, 2.45) is 0 Å². The SMILES string of the molecule is C=C(c1cc2ccccc2s1)c1cc(C2OC(CO)CC(O)C2O)c(O)cc1C. The zero-order chi connectivity index (χ0) is 20.7. The Bertz CT molecular complexity index is 1020. The number of phenolic OH excluding ortho intramolecular Hbond substituents is 1. The summed E-state index contributed by atoms with van der Waals surface area (Å²) < 4.78 is 6.93. The first-order valence-electron chi connectivity index (χ1n) is 9.53. The second kappa shape index (κ2) is 7.89. The highest BCUT2D eigenvalue weighted by atomic mass is 32.1. The molecule has 0 bridgehead atoms. The van der Waals surface area contributed by atoms with E-state index in [0.717, 1.165) is 27.0 Å². The minimum absolute atomic E-state index is 0.0229. The molecule has 3 aromatic rings. The summed E-state index contributed by atoms with van der Waals surface area (Å²) in [7, 11) is 0. The largest absolute Gasteiger partial charge is 0.508 e. The molecule has 4 rings (SSSR count). The van der Waals surface area contributed by atoms with E-state index in [4.69, 9.17) is 4.74 Å². The number of aliphatic hydroxyl groups is 3. The molecular formula is C23H24O5S. The Balaban J connectivity index is 1.74. The molecule has 0 radical (unpaired) electrons. The smallest absolute Gasteiger partial charge is 0.121 e. The van der Waals surface area contributed by atoms with Crippen LogP contribution in [0.15, 0.2) is 49.0 Å². The lowest BCUT2D eigenvalue weighted by Gasteiger charge is -2.37. The number of aromatic hydroxyl groups is 1. The van der Waals surface area contributed by atoms with Crippen molar-refractivity contribution in [2.45, 2.75) is 37.8 Å². The zero-order valence-corrected chi connectivity index (χ0v) is 16.9. The molecule has 4 N–H and O–H groups in total. The maximum absolute atomic E-state index is 10.5. The standard InChI is InChI=1S/C23H24O5S/c1-12-7-18(25)17(23-22(27)19(26)9-15(11-24)28-23)10-16(12)13(2)21-8-14-5-3-4-6-20(14)29-21/h3-8,10,15,19,22-27H,2,9,11H2,1H3. The second-order valence-electron chi connectivity index (χ2n) is 7.51. The van der Waals surface area contributed by atoms with E-state index in [1.54, 1.807) is 23.5 Å². The number of phenols is 1. The van der Waals surface area contributed by atoms with E-state index in [2.05, 4.69) is 24.8 Å². The molecule has 29 heavy (non-hydrogen) atoms. The van der Waals surface area contributed by atoms with Crippen LogP contribution in [0, 0.1) is 6.92 Å². The van der Waals surface area contributed by atoms with Crippen LogP contribution in [0.2, 0.25) is 0 Å². The molecule has 0 saturated carbocycles. The van der Waals surface area contributed by atoms with Gasteiger partial charge >= 0.3 is 0 Å². The molecule has 4 atom stereocenters. The molecule has 0 aliphatic carbocycles. The van der Waals surface area contributed by atoms with Gasteiger partial charge in [0.25, 0.3) is 0 Å². The summed E-state index contributed by atoms with van der Waals surface area (Å²) in [6, 6.07) is 13.6. The topological polar surface area (TPSA) is 90.2 Å². The highest BCUT2D eigenvalue weighted by Crippen LogP contribution is 2.41. The number of benzene rings is 2. The zero-order valence-electron chi connectivity index (χ0n) is 16.1. The lowest BCUT2D eigenvalue weighted by atomic mass is 9.89. The number of hydrogen-bond acceptors (Lipinski definition) is 6. The maximum Gasteiger partial charge on any atom is 0.121 e. The van der Waals surface area contributed by atoms with Gasteiger partial charge in [0.05, 0.1) is 18.8 Å². The van der Waals surface area contributed by atoms with Gasteiger partial charge in [-0.15, -0.1) is 11.3 Å². The molecule has 1 aromatic heterocycles. The van der Waals surface area contributed by atoms with Crippen LogP contribution in [0.5, 0.6) is 5.75 Å². The Labute approximate surface area is 173 Å². The molecular weight excluding hydrogens is 388 g/mol. The first kappa shape index (κ1) is 20.1. The summed E-state index contributed by atoms with van der Waals surface area (Å²) in [4.78, 5) is 1.02. The van der Waals surface area contributed by atoms with Gasteiger partial charge in [0.2, 0.25) is 0 Å². The van der Waals surface area contributed by atoms with Gasteiger partial charge in [-0.3, -0.25) is 0 Å². The number of hydrogen-bond donors (Lipinski definition) is 4. The number of fused-ring (bicyclic) bond motifs is 1. The molecule has 1 fully saturated rings. The normalized spacial score (nSPS) is 24.7. The van der Waals surface area contributed by atoms with Crippen LogP contribution in [-0.2, 0) is 4.74 Å². The Kier molecular flexibility index (Phi) is 5.46. The average molecular weight is 413 g/mol. The molecule has 2 aromatic carbocycles. The van der Waals surface area contributed by atoms with E-state index in [1.807, 2.05) is 19.1 Å². The molecule has 2 heterocycles. The fourth-order valence-electron chi connectivity index (χ4n) is 3.85. The fraction of sp³-hybridized carbons (Fsp3) is 0.304. The first-order chi connectivity index (χ1) is 13.9. The fourth-order valence-corrected chi connectivity index (χ4v) is 4.90. The Morgan fingerprint density at radius 3 is 2.69 bits per heavy atom. The monoisotopic (exact) mass is 412 g/mol. The maximum atomic E-state index is 10.5. The Morgan fingerprint density at radius 2 is 1.97 bits per heavy atom. The van der Waals surface area contributed by atoms with E-state index >= 15 is 0 Å². The van der Waals surface area contributed by atoms with Gasteiger partial charge in [-0.05, 0) is 53.3 Å². The molecule has 1 aliphatic rings. The summed E-state index contributed by atoms with van der Waals surface area (Å²) in [6.45, 7) is 5.89. The minimum Gasteiger partial charge on any atom is -0.508 e. The van der Waals surface area contributed by atoms with E-state index in [1.165, 1.54) is 4.70 Å². The third-order valence-corrected chi connectivity index (χ3v) is 6.66. The van der Waals surface area contributed by atoms with Crippen molar-refractivity contribution in [3.8, 4) is 5.75 Å². The number of aryl methyl sites for hydroxylation is 1. The number of ether oxygens (including phenoxy) is 1. The predicted octanol–water partition coefficient (Wildman–Crippen LogP) is 3.52. The van der Waals surface area contributed by atoms with Crippen LogP contribution < -0.4 is 0 Å². The van der Waals surface area contributed by atoms with E-state index in [9.17, 15) is 20.4 Å². The highest BCUT2D eigenvalue weighted by Gasteiger charge is 2.38. The Hall–Kier alpha value is -2.22. The number of aliphatic hydroxyl groups excluding tert-OH is 3. The second-order valence-corrected chi connectivity index (χ2v) is 8.59. The van der Waals surface area contributed by atoms with Gasteiger partial charge in [-0.25, -0.2) is 0 Å². The molecule has 1 saturated heterocycles. The summed E-state index contributed by atoms with van der Waals surface area (Å²) in [5, 5.41) is 41.7. The lowest BCUT2D eigenvalue weighted by molar-refractivity contribution is -0.180.